The molecular formula is C29H37N5O2. The summed E-state index contributed by atoms with van der Waals surface area (Å²) in [6, 6.07) is 19.1. The fourth-order valence-corrected chi connectivity index (χ4v) is 6.12. The Labute approximate surface area is 213 Å². The first-order valence-electron chi connectivity index (χ1n) is 13.4. The predicted molar refractivity (Wildman–Crippen MR) is 141 cm³/mol. The van der Waals surface area contributed by atoms with Crippen LogP contribution in [0, 0.1) is 0 Å². The zero-order valence-electron chi connectivity index (χ0n) is 21.2. The number of aromatic amines is 1. The van der Waals surface area contributed by atoms with Gasteiger partial charge in [0.2, 0.25) is 11.8 Å². The lowest BCUT2D eigenvalue weighted by Crippen LogP contribution is -2.51. The third kappa shape index (κ3) is 5.62. The number of amides is 2. The Hall–Kier alpha value is -3.19. The van der Waals surface area contributed by atoms with Gasteiger partial charge in [0.25, 0.3) is 0 Å². The van der Waals surface area contributed by atoms with Crippen LogP contribution in [0.1, 0.15) is 50.4 Å². The van der Waals surface area contributed by atoms with Crippen molar-refractivity contribution >= 4 is 22.8 Å². The number of carbonyl (C=O) groups is 2. The largest absolute Gasteiger partial charge is 0.355 e. The van der Waals surface area contributed by atoms with E-state index in [0.29, 0.717) is 19.5 Å². The van der Waals surface area contributed by atoms with Crippen molar-refractivity contribution in [1.82, 2.24) is 25.1 Å². The number of para-hydroxylation sites is 2. The third-order valence-electron chi connectivity index (χ3n) is 7.82. The summed E-state index contributed by atoms with van der Waals surface area (Å²) in [5.41, 5.74) is 3.25. The van der Waals surface area contributed by atoms with Crippen molar-refractivity contribution < 1.29 is 9.59 Å². The molecule has 5 rings (SSSR count). The van der Waals surface area contributed by atoms with E-state index in [1.165, 1.54) is 5.56 Å². The van der Waals surface area contributed by atoms with Crippen molar-refractivity contribution in [3.05, 3.63) is 66.0 Å². The predicted octanol–water partition coefficient (Wildman–Crippen LogP) is 3.70. The minimum atomic E-state index is 0.0428. The zero-order valence-corrected chi connectivity index (χ0v) is 21.2. The van der Waals surface area contributed by atoms with Crippen LogP contribution in [-0.4, -0.2) is 69.3 Å². The average molecular weight is 488 g/mol. The molecule has 1 aromatic heterocycles. The normalized spacial score (nSPS) is 22.7. The molecule has 3 aromatic rings. The maximum Gasteiger partial charge on any atom is 0.234 e. The summed E-state index contributed by atoms with van der Waals surface area (Å²) in [5.74, 6) is 1.08. The minimum absolute atomic E-state index is 0.0428. The lowest BCUT2D eigenvalue weighted by Gasteiger charge is -2.37. The van der Waals surface area contributed by atoms with Crippen LogP contribution in [0.5, 0.6) is 0 Å². The van der Waals surface area contributed by atoms with Crippen molar-refractivity contribution in [1.29, 1.82) is 0 Å². The molecule has 3 atom stereocenters. The fraction of sp³-hybridized carbons (Fsp3) is 0.483. The Morgan fingerprint density at radius 1 is 1.03 bits per heavy atom. The molecule has 0 radical (unpaired) electrons. The number of imidazole rings is 1. The number of carbonyl (C=O) groups excluding carboxylic acids is 2. The fourth-order valence-electron chi connectivity index (χ4n) is 6.12. The summed E-state index contributed by atoms with van der Waals surface area (Å²) in [4.78, 5) is 38.1. The summed E-state index contributed by atoms with van der Waals surface area (Å²) in [6.07, 6.45) is 6.86. The van der Waals surface area contributed by atoms with Crippen LogP contribution in [0.2, 0.25) is 0 Å². The standard InChI is InChI=1S/C29H37N5O2/c1-21(35)33-17-9-3-6-14-26-27(33)19-23(18-22-10-4-2-5-11-22)34(26)20-29(36)30-16-15-28-31-24-12-7-8-13-25(24)32-28/h2,4-5,7-8,10-13,23,26-27H,3,6,9,14-20H2,1H3,(H,30,36)(H,31,32)/t23-,26-,27+/m1/s1. The highest BCUT2D eigenvalue weighted by atomic mass is 16.2. The maximum absolute atomic E-state index is 13.1. The second-order valence-corrected chi connectivity index (χ2v) is 10.2. The molecule has 3 heterocycles. The van der Waals surface area contributed by atoms with Gasteiger partial charge in [0.1, 0.15) is 5.82 Å². The molecule has 2 N–H and O–H groups in total. The van der Waals surface area contributed by atoms with Gasteiger partial charge in [0.15, 0.2) is 0 Å². The van der Waals surface area contributed by atoms with Crippen molar-refractivity contribution in [3.8, 4) is 0 Å². The first kappa shape index (κ1) is 24.5. The van der Waals surface area contributed by atoms with E-state index in [-0.39, 0.29) is 29.9 Å². The number of nitrogens with one attached hydrogen (secondary N) is 2. The van der Waals surface area contributed by atoms with Gasteiger partial charge in [-0.3, -0.25) is 14.5 Å². The van der Waals surface area contributed by atoms with E-state index in [4.69, 9.17) is 0 Å². The Morgan fingerprint density at radius 2 is 1.83 bits per heavy atom. The van der Waals surface area contributed by atoms with Gasteiger partial charge in [0, 0.05) is 44.6 Å². The van der Waals surface area contributed by atoms with E-state index in [2.05, 4.69) is 49.4 Å². The second kappa shape index (κ2) is 11.2. The van der Waals surface area contributed by atoms with E-state index >= 15 is 0 Å². The number of hydrogen-bond acceptors (Lipinski definition) is 4. The van der Waals surface area contributed by atoms with Gasteiger partial charge in [-0.05, 0) is 43.4 Å². The van der Waals surface area contributed by atoms with Gasteiger partial charge in [-0.2, -0.15) is 0 Å². The van der Waals surface area contributed by atoms with Crippen LogP contribution in [0.15, 0.2) is 54.6 Å². The maximum atomic E-state index is 13.1. The number of nitrogens with zero attached hydrogens (tertiary/aromatic N) is 3. The topological polar surface area (TPSA) is 81.3 Å². The number of H-pyrrole nitrogens is 1. The van der Waals surface area contributed by atoms with Crippen LogP contribution >= 0.6 is 0 Å². The zero-order chi connectivity index (χ0) is 24.9. The molecule has 0 bridgehead atoms. The molecule has 2 fully saturated rings. The molecule has 2 aromatic carbocycles. The smallest absolute Gasteiger partial charge is 0.234 e. The highest BCUT2D eigenvalue weighted by Gasteiger charge is 2.45. The number of likely N-dealkylation sites (tertiary alicyclic amines) is 2. The van der Waals surface area contributed by atoms with Crippen LogP contribution in [0.3, 0.4) is 0 Å². The van der Waals surface area contributed by atoms with E-state index in [1.807, 2.05) is 30.3 Å². The lowest BCUT2D eigenvalue weighted by molar-refractivity contribution is -0.132. The van der Waals surface area contributed by atoms with Crippen molar-refractivity contribution in [2.75, 3.05) is 19.6 Å². The van der Waals surface area contributed by atoms with Crippen LogP contribution < -0.4 is 5.32 Å². The van der Waals surface area contributed by atoms with Gasteiger partial charge < -0.3 is 15.2 Å². The Bertz CT molecular complexity index is 1140. The Kier molecular flexibility index (Phi) is 7.66. The third-order valence-corrected chi connectivity index (χ3v) is 7.82. The molecule has 2 saturated heterocycles. The van der Waals surface area contributed by atoms with Crippen molar-refractivity contribution in [3.63, 3.8) is 0 Å². The van der Waals surface area contributed by atoms with Crippen LogP contribution in [-0.2, 0) is 22.4 Å². The summed E-state index contributed by atoms with van der Waals surface area (Å²) < 4.78 is 0. The number of fused-ring (bicyclic) bond motifs is 2. The van der Waals surface area contributed by atoms with Crippen molar-refractivity contribution in [2.24, 2.45) is 0 Å². The van der Waals surface area contributed by atoms with E-state index in [1.54, 1.807) is 6.92 Å². The molecule has 190 valence electrons. The van der Waals surface area contributed by atoms with Crippen molar-refractivity contribution in [2.45, 2.75) is 70.0 Å². The van der Waals surface area contributed by atoms with Crippen LogP contribution in [0.4, 0.5) is 0 Å². The average Bonchev–Trinajstić information content (AvgIpc) is 3.40. The summed E-state index contributed by atoms with van der Waals surface area (Å²) in [5, 5.41) is 3.12. The summed E-state index contributed by atoms with van der Waals surface area (Å²) in [6.45, 7) is 3.43. The van der Waals surface area contributed by atoms with Gasteiger partial charge in [-0.15, -0.1) is 0 Å². The highest BCUT2D eigenvalue weighted by Crippen LogP contribution is 2.35. The SMILES string of the molecule is CC(=O)N1CCCCC[C@@H]2[C@@H]1C[C@@H](Cc1ccccc1)N2CC(=O)NCCc1nc2ccccc2[nH]1. The molecule has 2 amide bonds. The lowest BCUT2D eigenvalue weighted by atomic mass is 9.96. The molecule has 0 aliphatic carbocycles. The quantitative estimate of drug-likeness (QED) is 0.533. The number of hydrogen-bond donors (Lipinski definition) is 2. The molecule has 2 aliphatic rings. The monoisotopic (exact) mass is 487 g/mol. The first-order chi connectivity index (χ1) is 17.6. The van der Waals surface area contributed by atoms with Gasteiger partial charge in [-0.25, -0.2) is 4.98 Å². The van der Waals surface area contributed by atoms with Gasteiger partial charge in [0.05, 0.1) is 17.6 Å². The van der Waals surface area contributed by atoms with Crippen LogP contribution in [0.25, 0.3) is 11.0 Å². The van der Waals surface area contributed by atoms with Gasteiger partial charge in [-0.1, -0.05) is 55.3 Å². The van der Waals surface area contributed by atoms with E-state index < -0.39 is 0 Å². The first-order valence-corrected chi connectivity index (χ1v) is 13.4. The Morgan fingerprint density at radius 3 is 2.64 bits per heavy atom. The molecule has 0 unspecified atom stereocenters. The minimum Gasteiger partial charge on any atom is -0.355 e. The summed E-state index contributed by atoms with van der Waals surface area (Å²) in [7, 11) is 0. The molecular weight excluding hydrogens is 450 g/mol. The molecule has 2 aliphatic heterocycles. The molecule has 0 spiro atoms. The highest BCUT2D eigenvalue weighted by molar-refractivity contribution is 5.78. The number of rotatable bonds is 7. The van der Waals surface area contributed by atoms with E-state index in [9.17, 15) is 9.59 Å². The molecule has 7 heteroatoms. The molecule has 7 nitrogen and oxygen atoms in total. The second-order valence-electron chi connectivity index (χ2n) is 10.2. The van der Waals surface area contributed by atoms with Gasteiger partial charge >= 0.3 is 0 Å². The summed E-state index contributed by atoms with van der Waals surface area (Å²) >= 11 is 0. The number of aromatic nitrogens is 2. The molecule has 36 heavy (non-hydrogen) atoms. The Balaban J connectivity index is 1.27. The number of benzene rings is 2. The van der Waals surface area contributed by atoms with E-state index in [0.717, 1.165) is 61.9 Å². The molecule has 0 saturated carbocycles.